The second-order valence-electron chi connectivity index (χ2n) is 6.32. The molecular formula is C18H25NO5. The number of anilines is 1. The predicted octanol–water partition coefficient (Wildman–Crippen LogP) is 3.07. The molecule has 1 aromatic carbocycles. The molecule has 2 rings (SSSR count). The van der Waals surface area contributed by atoms with Gasteiger partial charge in [0.15, 0.2) is 0 Å². The second kappa shape index (κ2) is 8.80. The number of benzene rings is 1. The van der Waals surface area contributed by atoms with E-state index >= 15 is 0 Å². The zero-order valence-corrected chi connectivity index (χ0v) is 14.2. The van der Waals surface area contributed by atoms with Crippen molar-refractivity contribution in [2.45, 2.75) is 45.3 Å². The van der Waals surface area contributed by atoms with Crippen molar-refractivity contribution in [3.63, 3.8) is 0 Å². The molecule has 2 atom stereocenters. The van der Waals surface area contributed by atoms with Crippen LogP contribution in [0.5, 0.6) is 0 Å². The molecule has 6 heteroatoms. The Morgan fingerprint density at radius 2 is 2.00 bits per heavy atom. The highest BCUT2D eigenvalue weighted by Gasteiger charge is 2.22. The third-order valence-electron chi connectivity index (χ3n) is 4.30. The number of amides is 1. The summed E-state index contributed by atoms with van der Waals surface area (Å²) in [5, 5.41) is 11.9. The minimum Gasteiger partial charge on any atom is -0.478 e. The molecule has 24 heavy (non-hydrogen) atoms. The topological polar surface area (TPSA) is 84.9 Å². The Kier molecular flexibility index (Phi) is 6.75. The fourth-order valence-corrected chi connectivity index (χ4v) is 3.05. The predicted molar refractivity (Wildman–Crippen MR) is 90.1 cm³/mol. The molecule has 1 aliphatic carbocycles. The van der Waals surface area contributed by atoms with Crippen molar-refractivity contribution >= 4 is 17.6 Å². The van der Waals surface area contributed by atoms with Gasteiger partial charge in [0.1, 0.15) is 6.61 Å². The molecule has 0 aliphatic heterocycles. The standard InChI is InChI=1S/C18H25NO5/c1-12-5-3-4-6-16(12)24-11-17(20)19-15-8-13(10-23-2)7-14(9-15)18(21)22/h7-9,12,16H,3-6,10-11H2,1-2H3,(H,19,20)(H,21,22). The molecule has 1 saturated carbocycles. The van der Waals surface area contributed by atoms with Gasteiger partial charge in [-0.05, 0) is 42.5 Å². The van der Waals surface area contributed by atoms with Gasteiger partial charge >= 0.3 is 5.97 Å². The number of carbonyl (C=O) groups excluding carboxylic acids is 1. The van der Waals surface area contributed by atoms with Crippen LogP contribution in [0, 0.1) is 5.92 Å². The maximum atomic E-state index is 12.1. The van der Waals surface area contributed by atoms with Gasteiger partial charge in [0.25, 0.3) is 0 Å². The number of ether oxygens (including phenoxy) is 2. The molecule has 1 fully saturated rings. The van der Waals surface area contributed by atoms with E-state index in [1.807, 2.05) is 0 Å². The average Bonchev–Trinajstić information content (AvgIpc) is 2.54. The number of carboxylic acid groups (broad SMARTS) is 1. The van der Waals surface area contributed by atoms with Crippen LogP contribution in [0.3, 0.4) is 0 Å². The van der Waals surface area contributed by atoms with Gasteiger partial charge in [-0.25, -0.2) is 4.79 Å². The van der Waals surface area contributed by atoms with E-state index in [0.717, 1.165) is 19.3 Å². The van der Waals surface area contributed by atoms with Crippen LogP contribution in [0.25, 0.3) is 0 Å². The van der Waals surface area contributed by atoms with Crippen molar-refractivity contribution in [3.8, 4) is 0 Å². The molecular weight excluding hydrogens is 310 g/mol. The monoisotopic (exact) mass is 335 g/mol. The van der Waals surface area contributed by atoms with Gasteiger partial charge < -0.3 is 19.9 Å². The first kappa shape index (κ1) is 18.4. The lowest BCUT2D eigenvalue weighted by Gasteiger charge is -2.28. The Morgan fingerprint density at radius 1 is 1.25 bits per heavy atom. The van der Waals surface area contributed by atoms with Crippen molar-refractivity contribution in [1.82, 2.24) is 0 Å². The minimum absolute atomic E-state index is 0.0219. The van der Waals surface area contributed by atoms with Crippen LogP contribution < -0.4 is 5.32 Å². The second-order valence-corrected chi connectivity index (χ2v) is 6.32. The summed E-state index contributed by atoms with van der Waals surface area (Å²) in [5.41, 5.74) is 1.24. The maximum Gasteiger partial charge on any atom is 0.335 e. The van der Waals surface area contributed by atoms with Gasteiger partial charge in [-0.2, -0.15) is 0 Å². The van der Waals surface area contributed by atoms with Crippen molar-refractivity contribution in [1.29, 1.82) is 0 Å². The van der Waals surface area contributed by atoms with Crippen LogP contribution in [-0.4, -0.2) is 36.8 Å². The summed E-state index contributed by atoms with van der Waals surface area (Å²) >= 11 is 0. The molecule has 1 aromatic rings. The van der Waals surface area contributed by atoms with Gasteiger partial charge in [-0.15, -0.1) is 0 Å². The SMILES string of the molecule is COCc1cc(NC(=O)COC2CCCCC2C)cc(C(=O)O)c1. The van der Waals surface area contributed by atoms with E-state index in [0.29, 0.717) is 17.2 Å². The van der Waals surface area contributed by atoms with Crippen LogP contribution in [0.15, 0.2) is 18.2 Å². The highest BCUT2D eigenvalue weighted by molar-refractivity contribution is 5.94. The van der Waals surface area contributed by atoms with Gasteiger partial charge in [-0.1, -0.05) is 19.8 Å². The van der Waals surface area contributed by atoms with E-state index < -0.39 is 5.97 Å². The molecule has 1 amide bonds. The first-order valence-electron chi connectivity index (χ1n) is 8.27. The number of carbonyl (C=O) groups is 2. The summed E-state index contributed by atoms with van der Waals surface area (Å²) in [5.74, 6) is -0.857. The third kappa shape index (κ3) is 5.32. The van der Waals surface area contributed by atoms with Gasteiger partial charge in [0.2, 0.25) is 5.91 Å². The van der Waals surface area contributed by atoms with E-state index in [1.54, 1.807) is 6.07 Å². The van der Waals surface area contributed by atoms with E-state index in [-0.39, 0.29) is 30.8 Å². The van der Waals surface area contributed by atoms with Crippen molar-refractivity contribution in [2.24, 2.45) is 5.92 Å². The Balaban J connectivity index is 1.96. The Morgan fingerprint density at radius 3 is 2.67 bits per heavy atom. The molecule has 2 N–H and O–H groups in total. The quantitative estimate of drug-likeness (QED) is 0.800. The van der Waals surface area contributed by atoms with Crippen molar-refractivity contribution in [2.75, 3.05) is 19.0 Å². The molecule has 0 radical (unpaired) electrons. The van der Waals surface area contributed by atoms with Gasteiger partial charge in [0.05, 0.1) is 18.3 Å². The first-order chi connectivity index (χ1) is 11.5. The average molecular weight is 335 g/mol. The highest BCUT2D eigenvalue weighted by Crippen LogP contribution is 2.26. The zero-order valence-electron chi connectivity index (χ0n) is 14.2. The smallest absolute Gasteiger partial charge is 0.335 e. The summed E-state index contributed by atoms with van der Waals surface area (Å²) in [6.07, 6.45) is 4.60. The lowest BCUT2D eigenvalue weighted by atomic mass is 9.88. The van der Waals surface area contributed by atoms with E-state index in [2.05, 4.69) is 12.2 Å². The van der Waals surface area contributed by atoms with Gasteiger partial charge in [0, 0.05) is 12.8 Å². The van der Waals surface area contributed by atoms with E-state index in [4.69, 9.17) is 14.6 Å². The number of methoxy groups -OCH3 is 1. The van der Waals surface area contributed by atoms with Gasteiger partial charge in [-0.3, -0.25) is 4.79 Å². The third-order valence-corrected chi connectivity index (χ3v) is 4.30. The largest absolute Gasteiger partial charge is 0.478 e. The fraction of sp³-hybridized carbons (Fsp3) is 0.556. The first-order valence-corrected chi connectivity index (χ1v) is 8.27. The van der Waals surface area contributed by atoms with Crippen LogP contribution in [0.1, 0.15) is 48.5 Å². The molecule has 0 aromatic heterocycles. The molecule has 132 valence electrons. The van der Waals surface area contributed by atoms with Crippen LogP contribution in [0.2, 0.25) is 0 Å². The number of nitrogens with one attached hydrogen (secondary N) is 1. The fourth-order valence-electron chi connectivity index (χ4n) is 3.05. The summed E-state index contributed by atoms with van der Waals surface area (Å²) in [4.78, 5) is 23.3. The minimum atomic E-state index is -1.05. The molecule has 0 saturated heterocycles. The lowest BCUT2D eigenvalue weighted by Crippen LogP contribution is -2.29. The molecule has 1 aliphatic rings. The molecule has 0 spiro atoms. The van der Waals surface area contributed by atoms with E-state index in [9.17, 15) is 9.59 Å². The summed E-state index contributed by atoms with van der Waals surface area (Å²) < 4.78 is 10.8. The van der Waals surface area contributed by atoms with Crippen LogP contribution >= 0.6 is 0 Å². The normalized spacial score (nSPS) is 20.6. The van der Waals surface area contributed by atoms with Crippen LogP contribution in [-0.2, 0) is 20.9 Å². The lowest BCUT2D eigenvalue weighted by molar-refractivity contribution is -0.124. The number of carboxylic acids is 1. The highest BCUT2D eigenvalue weighted by atomic mass is 16.5. The number of aromatic carboxylic acids is 1. The molecule has 0 heterocycles. The Bertz CT molecular complexity index is 587. The van der Waals surface area contributed by atoms with Crippen molar-refractivity contribution in [3.05, 3.63) is 29.3 Å². The number of hydrogen-bond acceptors (Lipinski definition) is 4. The Labute approximate surface area is 142 Å². The summed E-state index contributed by atoms with van der Waals surface area (Å²) in [6.45, 7) is 2.40. The van der Waals surface area contributed by atoms with Crippen LogP contribution in [0.4, 0.5) is 5.69 Å². The zero-order chi connectivity index (χ0) is 17.5. The summed E-state index contributed by atoms with van der Waals surface area (Å²) in [6, 6.07) is 4.67. The Hall–Kier alpha value is -1.92. The molecule has 2 unspecified atom stereocenters. The van der Waals surface area contributed by atoms with Crippen molar-refractivity contribution < 1.29 is 24.2 Å². The maximum absolute atomic E-state index is 12.1. The molecule has 0 bridgehead atoms. The number of rotatable bonds is 7. The molecule has 6 nitrogen and oxygen atoms in total. The van der Waals surface area contributed by atoms with E-state index in [1.165, 1.54) is 25.7 Å². The number of hydrogen-bond donors (Lipinski definition) is 2. The summed E-state index contributed by atoms with van der Waals surface area (Å²) in [7, 11) is 1.53.